The number of rotatable bonds is 5. The topological polar surface area (TPSA) is 38.4 Å². The molecule has 0 saturated carbocycles. The molecule has 2 aromatic rings. The molecule has 8 heteroatoms. The molecule has 2 aromatic carbocycles. The van der Waals surface area contributed by atoms with Gasteiger partial charge in [-0.3, -0.25) is 4.99 Å². The van der Waals surface area contributed by atoms with Crippen LogP contribution in [0, 0.1) is 0 Å². The molecule has 0 aliphatic rings. The minimum absolute atomic E-state index is 0.189. The standard InChI is InChI=1S/C19H17Cl2F3N2S/c1-12(25)17(7-13-5-3-2-4-6-13)18(26-11-19(22,23)24)27-16-9-14(20)8-15(21)10-16/h2-6,8-10H,7,11,25H2,1H3. The van der Waals surface area contributed by atoms with Crippen LogP contribution in [-0.4, -0.2) is 17.8 Å². The summed E-state index contributed by atoms with van der Waals surface area (Å²) in [6.07, 6.45) is -4.06. The molecule has 2 nitrogen and oxygen atoms in total. The van der Waals surface area contributed by atoms with Gasteiger partial charge in [0.2, 0.25) is 0 Å². The van der Waals surface area contributed by atoms with Gasteiger partial charge in [-0.15, -0.1) is 0 Å². The van der Waals surface area contributed by atoms with E-state index in [1.165, 1.54) is 0 Å². The van der Waals surface area contributed by atoms with E-state index >= 15 is 0 Å². The molecule has 0 atom stereocenters. The van der Waals surface area contributed by atoms with E-state index in [1.54, 1.807) is 25.1 Å². The van der Waals surface area contributed by atoms with Crippen molar-refractivity contribution in [2.24, 2.45) is 10.7 Å². The van der Waals surface area contributed by atoms with Crippen LogP contribution in [0.5, 0.6) is 0 Å². The van der Waals surface area contributed by atoms with Crippen LogP contribution in [0.25, 0.3) is 0 Å². The van der Waals surface area contributed by atoms with Gasteiger partial charge in [0.05, 0.1) is 0 Å². The number of alkyl halides is 3. The maximum atomic E-state index is 12.8. The van der Waals surface area contributed by atoms with Gasteiger partial charge in [0.1, 0.15) is 11.6 Å². The number of aliphatic imine (C=N–C) groups is 1. The van der Waals surface area contributed by atoms with Crippen molar-refractivity contribution in [3.63, 3.8) is 0 Å². The largest absolute Gasteiger partial charge is 0.407 e. The molecule has 0 unspecified atom stereocenters. The van der Waals surface area contributed by atoms with Gasteiger partial charge in [0, 0.05) is 32.6 Å². The number of thioether (sulfide) groups is 1. The highest BCUT2D eigenvalue weighted by Gasteiger charge is 2.27. The number of hydrogen-bond acceptors (Lipinski definition) is 3. The second-order valence-corrected chi connectivity index (χ2v) is 7.70. The van der Waals surface area contributed by atoms with Gasteiger partial charge in [0.25, 0.3) is 0 Å². The molecule has 144 valence electrons. The van der Waals surface area contributed by atoms with Crippen LogP contribution in [-0.2, 0) is 6.42 Å². The summed E-state index contributed by atoms with van der Waals surface area (Å²) in [4.78, 5) is 4.38. The van der Waals surface area contributed by atoms with Crippen LogP contribution < -0.4 is 5.73 Å². The van der Waals surface area contributed by atoms with E-state index in [-0.39, 0.29) is 5.04 Å². The summed E-state index contributed by atoms with van der Waals surface area (Å²) in [7, 11) is 0. The van der Waals surface area contributed by atoms with Crippen LogP contribution in [0.3, 0.4) is 0 Å². The molecule has 2 N–H and O–H groups in total. The average Bonchev–Trinajstić information content (AvgIpc) is 2.56. The molecule has 0 heterocycles. The Balaban J connectivity index is 2.41. The van der Waals surface area contributed by atoms with Crippen LogP contribution in [0.2, 0.25) is 10.0 Å². The van der Waals surface area contributed by atoms with Crippen molar-refractivity contribution >= 4 is 40.0 Å². The maximum absolute atomic E-state index is 12.8. The molecule has 0 fully saturated rings. The zero-order chi connectivity index (χ0) is 20.0. The monoisotopic (exact) mass is 432 g/mol. The van der Waals surface area contributed by atoms with Crippen molar-refractivity contribution in [1.82, 2.24) is 0 Å². The first kappa shape index (κ1) is 21.7. The minimum Gasteiger partial charge on any atom is -0.402 e. The van der Waals surface area contributed by atoms with E-state index in [4.69, 9.17) is 28.9 Å². The van der Waals surface area contributed by atoms with Crippen molar-refractivity contribution in [3.8, 4) is 0 Å². The molecule has 0 aromatic heterocycles. The second kappa shape index (κ2) is 9.53. The molecular weight excluding hydrogens is 416 g/mol. The van der Waals surface area contributed by atoms with Gasteiger partial charge in [-0.25, -0.2) is 0 Å². The third-order valence-electron chi connectivity index (χ3n) is 3.41. The van der Waals surface area contributed by atoms with Crippen molar-refractivity contribution in [1.29, 1.82) is 0 Å². The zero-order valence-electron chi connectivity index (χ0n) is 14.4. The zero-order valence-corrected chi connectivity index (χ0v) is 16.7. The highest BCUT2D eigenvalue weighted by molar-refractivity contribution is 8.14. The molecule has 2 rings (SSSR count). The number of benzene rings is 2. The third-order valence-corrected chi connectivity index (χ3v) is 4.89. The number of nitrogens with two attached hydrogens (primary N) is 1. The lowest BCUT2D eigenvalue weighted by Gasteiger charge is -2.15. The van der Waals surface area contributed by atoms with E-state index in [2.05, 4.69) is 4.99 Å². The van der Waals surface area contributed by atoms with Crippen molar-refractivity contribution in [3.05, 3.63) is 75.4 Å². The van der Waals surface area contributed by atoms with Crippen LogP contribution in [0.4, 0.5) is 13.2 Å². The summed E-state index contributed by atoms with van der Waals surface area (Å²) < 4.78 is 38.3. The Kier molecular flexibility index (Phi) is 7.65. The van der Waals surface area contributed by atoms with E-state index in [0.29, 0.717) is 32.6 Å². The Bertz CT molecular complexity index is 826. The van der Waals surface area contributed by atoms with E-state index in [1.807, 2.05) is 30.3 Å². The second-order valence-electron chi connectivity index (χ2n) is 5.77. The molecule has 0 bridgehead atoms. The van der Waals surface area contributed by atoms with Crippen molar-refractivity contribution in [2.45, 2.75) is 24.4 Å². The Hall–Kier alpha value is -1.63. The Morgan fingerprint density at radius 1 is 1.07 bits per heavy atom. The third kappa shape index (κ3) is 7.48. The molecular formula is C19H17Cl2F3N2S. The van der Waals surface area contributed by atoms with Crippen LogP contribution >= 0.6 is 35.0 Å². The molecule has 0 amide bonds. The number of nitrogens with zero attached hydrogens (tertiary/aromatic N) is 1. The normalized spacial score (nSPS) is 13.5. The number of allylic oxidation sites excluding steroid dienone is 1. The van der Waals surface area contributed by atoms with Gasteiger partial charge in [-0.1, -0.05) is 65.3 Å². The summed E-state index contributed by atoms with van der Waals surface area (Å²) in [6.45, 7) is 0.349. The lowest BCUT2D eigenvalue weighted by molar-refractivity contribution is -0.118. The molecule has 0 spiro atoms. The number of hydrogen-bond donors (Lipinski definition) is 1. The number of halogens is 5. The Morgan fingerprint density at radius 3 is 2.19 bits per heavy atom. The van der Waals surface area contributed by atoms with Crippen molar-refractivity contribution < 1.29 is 13.2 Å². The minimum atomic E-state index is -4.42. The maximum Gasteiger partial charge on any atom is 0.407 e. The summed E-state index contributed by atoms with van der Waals surface area (Å²) in [5.74, 6) is 0. The van der Waals surface area contributed by atoms with Gasteiger partial charge in [-0.2, -0.15) is 13.2 Å². The lowest BCUT2D eigenvalue weighted by Crippen LogP contribution is -2.16. The van der Waals surface area contributed by atoms with Crippen LogP contribution in [0.15, 0.2) is 69.7 Å². The molecule has 27 heavy (non-hydrogen) atoms. The lowest BCUT2D eigenvalue weighted by atomic mass is 10.0. The summed E-state index contributed by atoms with van der Waals surface area (Å²) >= 11 is 13.1. The SMILES string of the molecule is CC(N)=C(Cc1ccccc1)C(=NCC(F)(F)F)Sc1cc(Cl)cc(Cl)c1. The van der Waals surface area contributed by atoms with Gasteiger partial charge < -0.3 is 5.73 Å². The van der Waals surface area contributed by atoms with Gasteiger partial charge >= 0.3 is 6.18 Å². The fraction of sp³-hybridized carbons (Fsp3) is 0.211. The fourth-order valence-corrected chi connectivity index (χ4v) is 3.97. The first-order chi connectivity index (χ1) is 12.6. The van der Waals surface area contributed by atoms with Crippen molar-refractivity contribution in [2.75, 3.05) is 6.54 Å². The summed E-state index contributed by atoms with van der Waals surface area (Å²) in [6, 6.07) is 14.1. The van der Waals surface area contributed by atoms with Crippen LogP contribution in [0.1, 0.15) is 12.5 Å². The van der Waals surface area contributed by atoms with Gasteiger partial charge in [0.15, 0.2) is 0 Å². The first-order valence-corrected chi connectivity index (χ1v) is 9.46. The Labute approximate surface area is 170 Å². The predicted octanol–water partition coefficient (Wildman–Crippen LogP) is 6.52. The van der Waals surface area contributed by atoms with E-state index < -0.39 is 12.7 Å². The predicted molar refractivity (Wildman–Crippen MR) is 108 cm³/mol. The van der Waals surface area contributed by atoms with E-state index in [0.717, 1.165) is 17.3 Å². The first-order valence-electron chi connectivity index (χ1n) is 7.89. The summed E-state index contributed by atoms with van der Waals surface area (Å²) in [5, 5.41) is 0.964. The highest BCUT2D eigenvalue weighted by Crippen LogP contribution is 2.31. The fourth-order valence-electron chi connectivity index (χ4n) is 2.23. The van der Waals surface area contributed by atoms with Gasteiger partial charge in [-0.05, 0) is 30.7 Å². The smallest absolute Gasteiger partial charge is 0.402 e. The Morgan fingerprint density at radius 2 is 1.67 bits per heavy atom. The molecule has 0 radical (unpaired) electrons. The summed E-state index contributed by atoms with van der Waals surface area (Å²) in [5.41, 5.74) is 7.85. The highest BCUT2D eigenvalue weighted by atomic mass is 35.5. The molecule has 0 aliphatic carbocycles. The molecule has 0 saturated heterocycles. The molecule has 0 aliphatic heterocycles. The quantitative estimate of drug-likeness (QED) is 0.331. The van der Waals surface area contributed by atoms with E-state index in [9.17, 15) is 13.2 Å². The average molecular weight is 433 g/mol.